The lowest BCUT2D eigenvalue weighted by atomic mass is 9.97. The van der Waals surface area contributed by atoms with Gasteiger partial charge in [0.2, 0.25) is 5.95 Å². The summed E-state index contributed by atoms with van der Waals surface area (Å²) in [5, 5.41) is 2.62. The van der Waals surface area contributed by atoms with Crippen LogP contribution in [0.1, 0.15) is 64.6 Å². The first-order valence-corrected chi connectivity index (χ1v) is 18.3. The fourth-order valence-corrected chi connectivity index (χ4v) is 5.43. The Morgan fingerprint density at radius 1 is 1.10 bits per heavy atom. The molecule has 1 atom stereocenters. The third-order valence-electron chi connectivity index (χ3n) is 6.89. The summed E-state index contributed by atoms with van der Waals surface area (Å²) in [6.07, 6.45) is 3.37. The van der Waals surface area contributed by atoms with E-state index in [1.165, 1.54) is 25.3 Å². The van der Waals surface area contributed by atoms with Crippen LogP contribution >= 0.6 is 0 Å². The molecule has 0 aliphatic rings. The van der Waals surface area contributed by atoms with Crippen molar-refractivity contribution in [3.8, 4) is 11.3 Å². The maximum atomic E-state index is 13.7. The summed E-state index contributed by atoms with van der Waals surface area (Å²) in [7, 11) is -4.35. The summed E-state index contributed by atoms with van der Waals surface area (Å²) in [5.74, 6) is -1.54. The fraction of sp³-hybridized carbons (Fsp3) is 0.517. The minimum atomic E-state index is -3.36. The lowest BCUT2D eigenvalue weighted by Crippen LogP contribution is -2.44. The maximum Gasteiger partial charge on any atom is 0.308 e. The van der Waals surface area contributed by atoms with Gasteiger partial charge in [-0.25, -0.2) is 22.8 Å². The number of carbonyl (C=O) groups is 2. The Morgan fingerprint density at radius 3 is 2.22 bits per heavy atom. The van der Waals surface area contributed by atoms with Gasteiger partial charge in [-0.3, -0.25) is 9.59 Å². The first-order chi connectivity index (χ1) is 18.8. The molecule has 0 saturated carbocycles. The molecule has 0 aliphatic carbocycles. The first-order valence-electron chi connectivity index (χ1n) is 13.4. The zero-order chi connectivity index (χ0) is 31.2. The fourth-order valence-electron chi connectivity index (χ4n) is 3.68. The smallest absolute Gasteiger partial charge is 0.308 e. The van der Waals surface area contributed by atoms with Gasteiger partial charge >= 0.3 is 5.97 Å². The highest BCUT2D eigenvalue weighted by Gasteiger charge is 2.40. The van der Waals surface area contributed by atoms with E-state index in [-0.39, 0.29) is 41.4 Å². The molecule has 0 bridgehead atoms. The van der Waals surface area contributed by atoms with Crippen LogP contribution in [-0.2, 0) is 28.6 Å². The monoisotopic (exact) mass is 607 g/mol. The second-order valence-electron chi connectivity index (χ2n) is 11.9. The highest BCUT2D eigenvalue weighted by molar-refractivity contribution is 7.90. The number of anilines is 1. The van der Waals surface area contributed by atoms with Gasteiger partial charge in [0.1, 0.15) is 11.7 Å². The van der Waals surface area contributed by atoms with E-state index < -0.39 is 36.0 Å². The van der Waals surface area contributed by atoms with Crippen molar-refractivity contribution in [1.29, 1.82) is 0 Å². The van der Waals surface area contributed by atoms with Gasteiger partial charge in [0.25, 0.3) is 0 Å². The van der Waals surface area contributed by atoms with Gasteiger partial charge in [0.15, 0.2) is 23.9 Å². The van der Waals surface area contributed by atoms with Crippen LogP contribution in [0.3, 0.4) is 0 Å². The number of nitrogens with zero attached hydrogens (tertiary/aromatic N) is 2. The Balaban J connectivity index is 2.52. The van der Waals surface area contributed by atoms with E-state index >= 15 is 0 Å². The van der Waals surface area contributed by atoms with Crippen molar-refractivity contribution >= 4 is 41.9 Å². The Morgan fingerprint density at radius 2 is 1.71 bits per heavy atom. The van der Waals surface area contributed by atoms with Crippen molar-refractivity contribution in [2.75, 3.05) is 24.6 Å². The number of sulfone groups is 1. The van der Waals surface area contributed by atoms with E-state index in [0.29, 0.717) is 22.5 Å². The zero-order valence-electron chi connectivity index (χ0n) is 25.4. The Hall–Kier alpha value is -2.96. The molecule has 12 heteroatoms. The van der Waals surface area contributed by atoms with Crippen LogP contribution in [0, 0.1) is 5.82 Å². The number of benzene rings is 1. The predicted molar refractivity (Wildman–Crippen MR) is 162 cm³/mol. The topological polar surface area (TPSA) is 125 Å². The van der Waals surface area contributed by atoms with Crippen molar-refractivity contribution in [3.63, 3.8) is 0 Å². The molecule has 0 saturated heterocycles. The van der Waals surface area contributed by atoms with Crippen LogP contribution in [0.2, 0.25) is 18.1 Å². The van der Waals surface area contributed by atoms with E-state index in [1.54, 1.807) is 18.2 Å². The van der Waals surface area contributed by atoms with Gasteiger partial charge in [0, 0.05) is 23.8 Å². The molecule has 0 fully saturated rings. The number of halogens is 1. The molecule has 1 heterocycles. The minimum Gasteiger partial charge on any atom is -0.469 e. The number of hydrogen-bond acceptors (Lipinski definition) is 9. The number of esters is 1. The van der Waals surface area contributed by atoms with Gasteiger partial charge in [0.05, 0.1) is 31.0 Å². The second-order valence-corrected chi connectivity index (χ2v) is 18.8. The highest BCUT2D eigenvalue weighted by Crippen LogP contribution is 2.38. The number of hydrogen-bond donors (Lipinski definition) is 1. The number of methoxy groups -OCH3 is 1. The lowest BCUT2D eigenvalue weighted by molar-refractivity contribution is -0.142. The molecular formula is C29H42FN3O6SSi. The molecule has 1 unspecified atom stereocenters. The van der Waals surface area contributed by atoms with E-state index in [4.69, 9.17) is 9.16 Å². The van der Waals surface area contributed by atoms with E-state index in [2.05, 4.69) is 49.1 Å². The van der Waals surface area contributed by atoms with E-state index in [0.717, 1.165) is 6.26 Å². The number of rotatable bonds is 13. The predicted octanol–water partition coefficient (Wildman–Crippen LogP) is 5.75. The van der Waals surface area contributed by atoms with Gasteiger partial charge in [-0.1, -0.05) is 34.6 Å². The lowest BCUT2D eigenvalue weighted by Gasteiger charge is -2.39. The normalized spacial score (nSPS) is 13.4. The highest BCUT2D eigenvalue weighted by atomic mass is 32.2. The molecule has 1 aromatic heterocycles. The number of aromatic nitrogens is 2. The summed E-state index contributed by atoms with van der Waals surface area (Å²) >= 11 is 0. The Kier molecular flexibility index (Phi) is 11.5. The first kappa shape index (κ1) is 34.2. The van der Waals surface area contributed by atoms with Crippen LogP contribution in [-0.4, -0.2) is 63.8 Å². The third-order valence-corrected chi connectivity index (χ3v) is 12.1. The third kappa shape index (κ3) is 10.4. The van der Waals surface area contributed by atoms with Crippen molar-refractivity contribution in [2.45, 2.75) is 77.6 Å². The molecule has 0 amide bonds. The molecule has 0 radical (unpaired) electrons. The van der Waals surface area contributed by atoms with Crippen molar-refractivity contribution in [3.05, 3.63) is 47.4 Å². The summed E-state index contributed by atoms with van der Waals surface area (Å²) in [6, 6.07) is 5.70. The van der Waals surface area contributed by atoms with E-state index in [1.807, 2.05) is 13.8 Å². The van der Waals surface area contributed by atoms with Gasteiger partial charge in [-0.2, -0.15) is 0 Å². The molecule has 9 nitrogen and oxygen atoms in total. The molecule has 0 aliphatic heterocycles. The van der Waals surface area contributed by atoms with Crippen LogP contribution in [0.25, 0.3) is 17.3 Å². The Bertz CT molecular complexity index is 1370. The SMILES string of the molecule is COC(=O)CC(CC(=O)/C=C/c1c(-c2ccc(F)cc2)nc(NCS(C)(=O)=O)nc1C(C)C)O[Si](C)(C)C(C)(C)C. The molecule has 1 aromatic carbocycles. The number of ether oxygens (including phenoxy) is 1. The summed E-state index contributed by atoms with van der Waals surface area (Å²) in [6.45, 7) is 14.2. The van der Waals surface area contributed by atoms with E-state index in [9.17, 15) is 22.4 Å². The van der Waals surface area contributed by atoms with Crippen LogP contribution in [0.15, 0.2) is 30.3 Å². The summed E-state index contributed by atoms with van der Waals surface area (Å²) in [5.41, 5.74) is 2.09. The van der Waals surface area contributed by atoms with Crippen molar-refractivity contribution < 1.29 is 31.6 Å². The Labute approximate surface area is 244 Å². The average Bonchev–Trinajstić information content (AvgIpc) is 2.84. The number of allylic oxidation sites excluding steroid dienone is 1. The number of carbonyl (C=O) groups excluding carboxylic acids is 2. The molecule has 41 heavy (non-hydrogen) atoms. The number of ketones is 1. The molecule has 226 valence electrons. The summed E-state index contributed by atoms with van der Waals surface area (Å²) < 4.78 is 48.4. The van der Waals surface area contributed by atoms with Gasteiger partial charge in [-0.05, 0) is 60.5 Å². The second kappa shape index (κ2) is 13.8. The van der Waals surface area contributed by atoms with Crippen LogP contribution in [0.5, 0.6) is 0 Å². The minimum absolute atomic E-state index is 0.0319. The molecule has 2 aromatic rings. The summed E-state index contributed by atoms with van der Waals surface area (Å²) in [4.78, 5) is 34.4. The van der Waals surface area contributed by atoms with Gasteiger partial charge in [-0.15, -0.1) is 0 Å². The van der Waals surface area contributed by atoms with Crippen molar-refractivity contribution in [1.82, 2.24) is 9.97 Å². The molecule has 2 rings (SSSR count). The average molecular weight is 608 g/mol. The molecule has 0 spiro atoms. The zero-order valence-corrected chi connectivity index (χ0v) is 27.2. The van der Waals surface area contributed by atoms with Crippen LogP contribution in [0.4, 0.5) is 10.3 Å². The molecular weight excluding hydrogens is 565 g/mol. The standard InChI is InChI=1S/C29H42FN3O6SSi/c1-19(2)26-24(15-14-22(34)16-23(17-25(35)38-6)39-41(8,9)29(3,4)5)27(20-10-12-21(30)13-11-20)33-28(32-26)31-18-40(7,36)37/h10-15,19,23H,16-18H2,1-9H3,(H,31,32,33)/b15-14+. The van der Waals surface area contributed by atoms with Crippen molar-refractivity contribution in [2.24, 2.45) is 0 Å². The quantitative estimate of drug-likeness (QED) is 0.172. The largest absolute Gasteiger partial charge is 0.469 e. The number of nitrogens with one attached hydrogen (secondary N) is 1. The maximum absolute atomic E-state index is 13.7. The molecule has 1 N–H and O–H groups in total. The van der Waals surface area contributed by atoms with Crippen LogP contribution < -0.4 is 5.32 Å². The van der Waals surface area contributed by atoms with Gasteiger partial charge < -0.3 is 14.5 Å².